The highest BCUT2D eigenvalue weighted by Gasteiger charge is 2.33. The van der Waals surface area contributed by atoms with Gasteiger partial charge < -0.3 is 4.90 Å². The van der Waals surface area contributed by atoms with Crippen molar-refractivity contribution in [3.63, 3.8) is 0 Å². The molecule has 8 heteroatoms. The van der Waals surface area contributed by atoms with Crippen molar-refractivity contribution in [2.45, 2.75) is 33.6 Å². The summed E-state index contributed by atoms with van der Waals surface area (Å²) in [7, 11) is 0. The molecule has 186 valence electrons. The first-order valence-electron chi connectivity index (χ1n) is 12.4. The number of amides is 1. The van der Waals surface area contributed by atoms with Crippen LogP contribution in [0, 0.1) is 18.8 Å². The van der Waals surface area contributed by atoms with Crippen LogP contribution in [0.25, 0.3) is 11.7 Å². The maximum Gasteiger partial charge on any atom is 0.267 e. The van der Waals surface area contributed by atoms with Gasteiger partial charge in [-0.3, -0.25) is 18.9 Å². The van der Waals surface area contributed by atoms with Gasteiger partial charge in [0, 0.05) is 25.8 Å². The standard InChI is InChI=1S/C28H30N4O2S2/c1-18-14-19(2)17-30(16-18)25-22(26(33)31-12-7-8-20(3)24(31)29-25)15-23-27(34)32(28(35)36-23)13-11-21-9-5-4-6-10-21/h4-10,12,15,18-19H,11,13-14,16-17H2,1-3H3/b23-15-/t18-,19-/m0/s1. The third-order valence-corrected chi connectivity index (χ3v) is 8.23. The van der Waals surface area contributed by atoms with Crippen LogP contribution in [0.3, 0.4) is 0 Å². The van der Waals surface area contributed by atoms with E-state index in [4.69, 9.17) is 17.2 Å². The molecule has 2 fully saturated rings. The molecule has 5 rings (SSSR count). The summed E-state index contributed by atoms with van der Waals surface area (Å²) in [6.07, 6.45) is 5.32. The highest BCUT2D eigenvalue weighted by Crippen LogP contribution is 2.34. The van der Waals surface area contributed by atoms with Crippen LogP contribution in [0.15, 0.2) is 58.4 Å². The number of benzene rings is 1. The number of rotatable bonds is 5. The van der Waals surface area contributed by atoms with E-state index in [-0.39, 0.29) is 11.5 Å². The van der Waals surface area contributed by atoms with E-state index in [0.717, 1.165) is 37.1 Å². The molecule has 0 saturated carbocycles. The number of fused-ring (bicyclic) bond motifs is 1. The number of thiocarbonyl (C=S) groups is 1. The Balaban J connectivity index is 1.54. The van der Waals surface area contributed by atoms with E-state index in [9.17, 15) is 9.59 Å². The minimum Gasteiger partial charge on any atom is -0.355 e. The maximum absolute atomic E-state index is 13.8. The number of piperidine rings is 1. The van der Waals surface area contributed by atoms with Gasteiger partial charge in [-0.25, -0.2) is 4.98 Å². The largest absolute Gasteiger partial charge is 0.355 e. The second-order valence-electron chi connectivity index (χ2n) is 9.96. The number of carbonyl (C=O) groups is 1. The summed E-state index contributed by atoms with van der Waals surface area (Å²) in [5.41, 5.74) is 3.02. The highest BCUT2D eigenvalue weighted by atomic mass is 32.2. The molecule has 0 aliphatic carbocycles. The Kier molecular flexibility index (Phi) is 6.99. The predicted molar refractivity (Wildman–Crippen MR) is 151 cm³/mol. The molecule has 2 saturated heterocycles. The smallest absolute Gasteiger partial charge is 0.267 e. The summed E-state index contributed by atoms with van der Waals surface area (Å²) in [4.78, 5) is 36.4. The molecule has 4 heterocycles. The van der Waals surface area contributed by atoms with Gasteiger partial charge in [0.25, 0.3) is 11.5 Å². The summed E-state index contributed by atoms with van der Waals surface area (Å²) in [6.45, 7) is 8.60. The lowest BCUT2D eigenvalue weighted by Crippen LogP contribution is -2.40. The lowest BCUT2D eigenvalue weighted by atomic mass is 9.91. The third kappa shape index (κ3) is 4.84. The summed E-state index contributed by atoms with van der Waals surface area (Å²) in [5.74, 6) is 1.49. The number of aryl methyl sites for hydroxylation is 1. The number of aromatic nitrogens is 2. The van der Waals surface area contributed by atoms with E-state index in [1.165, 1.54) is 11.8 Å². The first-order valence-corrected chi connectivity index (χ1v) is 13.6. The number of hydrogen-bond donors (Lipinski definition) is 0. The zero-order chi connectivity index (χ0) is 25.4. The van der Waals surface area contributed by atoms with Crippen LogP contribution in [0.5, 0.6) is 0 Å². The summed E-state index contributed by atoms with van der Waals surface area (Å²) in [6, 6.07) is 13.9. The van der Waals surface area contributed by atoms with Crippen LogP contribution in [-0.2, 0) is 11.2 Å². The van der Waals surface area contributed by atoms with Crippen molar-refractivity contribution in [1.29, 1.82) is 0 Å². The minimum atomic E-state index is -0.167. The molecule has 0 unspecified atom stereocenters. The molecule has 36 heavy (non-hydrogen) atoms. The Morgan fingerprint density at radius 1 is 1.08 bits per heavy atom. The molecule has 0 radical (unpaired) electrons. The van der Waals surface area contributed by atoms with Gasteiger partial charge in [0.05, 0.1) is 10.5 Å². The number of nitrogens with zero attached hydrogens (tertiary/aromatic N) is 4. The number of pyridine rings is 1. The fraction of sp³-hybridized carbons (Fsp3) is 0.357. The number of anilines is 1. The van der Waals surface area contributed by atoms with Crippen molar-refractivity contribution in [2.24, 2.45) is 11.8 Å². The van der Waals surface area contributed by atoms with E-state index >= 15 is 0 Å². The molecular formula is C28H30N4O2S2. The maximum atomic E-state index is 13.8. The van der Waals surface area contributed by atoms with Crippen LogP contribution in [0.1, 0.15) is 37.0 Å². The molecule has 2 aromatic heterocycles. The molecule has 3 aromatic rings. The van der Waals surface area contributed by atoms with Crippen molar-refractivity contribution < 1.29 is 4.79 Å². The predicted octanol–water partition coefficient (Wildman–Crippen LogP) is 4.93. The Labute approximate surface area is 221 Å². The van der Waals surface area contributed by atoms with Gasteiger partial charge in [-0.1, -0.05) is 74.2 Å². The van der Waals surface area contributed by atoms with E-state index in [0.29, 0.717) is 44.6 Å². The van der Waals surface area contributed by atoms with Crippen LogP contribution >= 0.6 is 24.0 Å². The van der Waals surface area contributed by atoms with E-state index in [2.05, 4.69) is 18.7 Å². The topological polar surface area (TPSA) is 57.9 Å². The molecule has 0 bridgehead atoms. The molecule has 0 spiro atoms. The first kappa shape index (κ1) is 24.7. The molecule has 1 amide bonds. The normalized spacial score (nSPS) is 21.7. The minimum absolute atomic E-state index is 0.152. The van der Waals surface area contributed by atoms with Gasteiger partial charge in [0.2, 0.25) is 0 Å². The fourth-order valence-electron chi connectivity index (χ4n) is 5.21. The zero-order valence-corrected chi connectivity index (χ0v) is 22.4. The number of carbonyl (C=O) groups excluding carboxylic acids is 1. The van der Waals surface area contributed by atoms with Gasteiger partial charge in [-0.2, -0.15) is 0 Å². The molecular weight excluding hydrogens is 488 g/mol. The summed E-state index contributed by atoms with van der Waals surface area (Å²) in [5, 5.41) is 0. The van der Waals surface area contributed by atoms with E-state index in [1.54, 1.807) is 21.6 Å². The van der Waals surface area contributed by atoms with Crippen molar-refractivity contribution in [3.8, 4) is 0 Å². The average molecular weight is 519 g/mol. The van der Waals surface area contributed by atoms with Crippen LogP contribution in [0.2, 0.25) is 0 Å². The molecule has 1 aromatic carbocycles. The zero-order valence-electron chi connectivity index (χ0n) is 20.8. The van der Waals surface area contributed by atoms with Crippen molar-refractivity contribution in [1.82, 2.24) is 14.3 Å². The van der Waals surface area contributed by atoms with Crippen molar-refractivity contribution in [2.75, 3.05) is 24.5 Å². The molecule has 6 nitrogen and oxygen atoms in total. The van der Waals surface area contributed by atoms with Gasteiger partial charge in [0.15, 0.2) is 0 Å². The Morgan fingerprint density at radius 3 is 2.53 bits per heavy atom. The molecule has 0 N–H and O–H groups in total. The van der Waals surface area contributed by atoms with Gasteiger partial charge in [-0.05, 0) is 54.9 Å². The van der Waals surface area contributed by atoms with Gasteiger partial charge in [-0.15, -0.1) is 0 Å². The monoisotopic (exact) mass is 518 g/mol. The van der Waals surface area contributed by atoms with Gasteiger partial charge >= 0.3 is 0 Å². The second kappa shape index (κ2) is 10.2. The first-order chi connectivity index (χ1) is 17.3. The summed E-state index contributed by atoms with van der Waals surface area (Å²) >= 11 is 6.82. The second-order valence-corrected chi connectivity index (χ2v) is 11.6. The quantitative estimate of drug-likeness (QED) is 0.353. The molecule has 2 aliphatic rings. The highest BCUT2D eigenvalue weighted by molar-refractivity contribution is 8.26. The molecule has 2 aliphatic heterocycles. The van der Waals surface area contributed by atoms with Crippen LogP contribution < -0.4 is 10.5 Å². The van der Waals surface area contributed by atoms with Gasteiger partial charge in [0.1, 0.15) is 15.8 Å². The lowest BCUT2D eigenvalue weighted by Gasteiger charge is -2.36. The Morgan fingerprint density at radius 2 is 1.81 bits per heavy atom. The van der Waals surface area contributed by atoms with Crippen LogP contribution in [-0.4, -0.2) is 44.1 Å². The fourth-order valence-corrected chi connectivity index (χ4v) is 6.50. The van der Waals surface area contributed by atoms with Crippen molar-refractivity contribution >= 4 is 51.7 Å². The third-order valence-electron chi connectivity index (χ3n) is 6.85. The number of hydrogen-bond acceptors (Lipinski definition) is 6. The Bertz CT molecular complexity index is 1410. The van der Waals surface area contributed by atoms with E-state index < -0.39 is 0 Å². The van der Waals surface area contributed by atoms with E-state index in [1.807, 2.05) is 49.4 Å². The van der Waals surface area contributed by atoms with Crippen molar-refractivity contribution in [3.05, 3.63) is 80.6 Å². The summed E-state index contributed by atoms with van der Waals surface area (Å²) < 4.78 is 2.10. The Hall–Kier alpha value is -2.97. The molecule has 2 atom stereocenters. The SMILES string of the molecule is Cc1cccn2c(=O)c(/C=C3\SC(=S)N(CCc4ccccc4)C3=O)c(N3C[C@@H](C)C[C@H](C)C3)nc12. The lowest BCUT2D eigenvalue weighted by molar-refractivity contribution is -0.122. The van der Waals surface area contributed by atoms with Crippen LogP contribution in [0.4, 0.5) is 5.82 Å². The average Bonchev–Trinajstić information content (AvgIpc) is 3.11. The number of thioether (sulfide) groups is 1.